The number of alkyl halides is 2. The quantitative estimate of drug-likeness (QED) is 0.227. The summed E-state index contributed by atoms with van der Waals surface area (Å²) in [5, 5.41) is -4.91. The van der Waals surface area contributed by atoms with Gasteiger partial charge in [-0.05, 0) is 47.0 Å². The van der Waals surface area contributed by atoms with Crippen LogP contribution in [-0.4, -0.2) is 59.2 Å². The van der Waals surface area contributed by atoms with Gasteiger partial charge >= 0.3 is 5.97 Å². The Labute approximate surface area is 179 Å². The molecule has 0 aromatic rings. The molecule has 9 nitrogen and oxygen atoms in total. The van der Waals surface area contributed by atoms with E-state index in [0.717, 1.165) is 0 Å². The van der Waals surface area contributed by atoms with Gasteiger partial charge in [0.15, 0.2) is 0 Å². The molecule has 2 saturated carbocycles. The maximum absolute atomic E-state index is 13.4. The zero-order chi connectivity index (χ0) is 23.7. The van der Waals surface area contributed by atoms with Gasteiger partial charge in [-0.2, -0.15) is 0 Å². The smallest absolute Gasteiger partial charge is 0.311 e. The molecule has 3 fully saturated rings. The standard InChI is InChI=1S/C19H26F2NO8S.Rf/c1-8(2)22-13-9-6-10(14(13)30-17(25)18(3,4)5)12(11(9)15(22)23)16(24)29-7-19(20,21)31(26,27)28;/h7-14H,6H2,1-5H3,(H,26,27,28);/q-1;/p-1. The fourth-order valence-corrected chi connectivity index (χ4v) is 5.16. The molecule has 1 heterocycles. The van der Waals surface area contributed by atoms with Crippen molar-refractivity contribution in [2.75, 3.05) is 0 Å². The number of halogens is 2. The molecule has 32 heavy (non-hydrogen) atoms. The third-order valence-electron chi connectivity index (χ3n) is 6.24. The molecule has 2 aliphatic carbocycles. The number of amides is 1. The van der Waals surface area contributed by atoms with Gasteiger partial charge in [-0.15, -0.1) is 0 Å². The van der Waals surface area contributed by atoms with Crippen LogP contribution in [-0.2, 0) is 34.0 Å². The molecule has 3 rings (SSSR count). The van der Waals surface area contributed by atoms with Crippen LogP contribution in [0.5, 0.6) is 0 Å². The average Bonchev–Trinajstić information content (AvgIpc) is 3.20. The molecule has 0 spiro atoms. The van der Waals surface area contributed by atoms with Gasteiger partial charge < -0.3 is 18.9 Å². The fraction of sp³-hybridized carbons (Fsp3) is 0.789. The zero-order valence-corrected chi connectivity index (χ0v) is 25.6. The molecule has 6 atom stereocenters. The molecule has 178 valence electrons. The summed E-state index contributed by atoms with van der Waals surface area (Å²) >= 11 is 0. The number of ether oxygens (including phenoxy) is 2. The number of hydrogen-bond acceptors (Lipinski definition) is 8. The number of fused-ring (bicyclic) bond motifs is 1. The van der Waals surface area contributed by atoms with Gasteiger partial charge in [-0.25, -0.2) is 17.2 Å². The molecule has 0 N–H and O–H groups in total. The van der Waals surface area contributed by atoms with Gasteiger partial charge in [-0.1, -0.05) is 6.61 Å². The fourth-order valence-electron chi connectivity index (χ4n) is 4.99. The summed E-state index contributed by atoms with van der Waals surface area (Å²) in [5.41, 5.74) is -0.846. The Morgan fingerprint density at radius 3 is 2.25 bits per heavy atom. The van der Waals surface area contributed by atoms with Crippen LogP contribution < -0.4 is 0 Å². The molecule has 6 unspecified atom stereocenters. The Bertz CT molecular complexity index is 903. The first kappa shape index (κ1) is 25.4. The Balaban J connectivity index is 0.00000363. The van der Waals surface area contributed by atoms with E-state index >= 15 is 0 Å². The summed E-state index contributed by atoms with van der Waals surface area (Å²) in [6.07, 6.45) is -0.481. The number of carbonyl (C=O) groups excluding carboxylic acids is 3. The number of nitrogens with zero attached hydrogens (tertiary/aromatic N) is 1. The van der Waals surface area contributed by atoms with Crippen molar-refractivity contribution in [3.8, 4) is 0 Å². The summed E-state index contributed by atoms with van der Waals surface area (Å²) in [6.45, 7) is 7.89. The third kappa shape index (κ3) is 3.78. The largest absolute Gasteiger partial charge is 0.746 e. The van der Waals surface area contributed by atoms with Crippen molar-refractivity contribution in [1.82, 2.24) is 4.90 Å². The Kier molecular flexibility index (Phi) is 6.08. The van der Waals surface area contributed by atoms with Crippen LogP contribution in [0.2, 0.25) is 0 Å². The number of hydrogen-bond donors (Lipinski definition) is 0. The van der Waals surface area contributed by atoms with Crippen molar-refractivity contribution in [2.24, 2.45) is 29.1 Å². The SMILES string of the molecule is CC(C)N1C(=O)C2C3CC(C(OC(=O)C(C)(C)C)C31)C2C(=O)O[CH-]C(F)(F)S(=O)(=O)[O-].[Rf]. The van der Waals surface area contributed by atoms with Crippen molar-refractivity contribution >= 4 is 28.0 Å². The summed E-state index contributed by atoms with van der Waals surface area (Å²) in [5.74, 6) is -5.19. The van der Waals surface area contributed by atoms with E-state index in [0.29, 0.717) is 6.42 Å². The van der Waals surface area contributed by atoms with Crippen LogP contribution in [0, 0.1) is 35.7 Å². The summed E-state index contributed by atoms with van der Waals surface area (Å²) in [4.78, 5) is 39.8. The average molecular weight is 732 g/mol. The zero-order valence-electron chi connectivity index (χ0n) is 18.4. The summed E-state index contributed by atoms with van der Waals surface area (Å²) in [7, 11) is -6.08. The first-order chi connectivity index (χ1) is 14.0. The van der Waals surface area contributed by atoms with E-state index in [1.807, 2.05) is 0 Å². The first-order valence-electron chi connectivity index (χ1n) is 9.90. The van der Waals surface area contributed by atoms with E-state index in [4.69, 9.17) is 4.74 Å². The van der Waals surface area contributed by atoms with Gasteiger partial charge in [-0.3, -0.25) is 14.4 Å². The minimum Gasteiger partial charge on any atom is -0.746 e. The van der Waals surface area contributed by atoms with Crippen LogP contribution in [0.25, 0.3) is 0 Å². The predicted molar refractivity (Wildman–Crippen MR) is 98.7 cm³/mol. The molecule has 0 radical (unpaired) electrons. The normalized spacial score (nSPS) is 31.7. The molecule has 0 aromatic heterocycles. The Hall–Kier alpha value is -2.82. The van der Waals surface area contributed by atoms with Crippen LogP contribution in [0.3, 0.4) is 0 Å². The van der Waals surface area contributed by atoms with Gasteiger partial charge in [0, 0.05) is 12.0 Å². The van der Waals surface area contributed by atoms with E-state index in [2.05, 4.69) is 4.74 Å². The van der Waals surface area contributed by atoms with E-state index in [-0.39, 0.29) is 17.9 Å². The van der Waals surface area contributed by atoms with Crippen molar-refractivity contribution in [2.45, 2.75) is 64.5 Å². The van der Waals surface area contributed by atoms with Crippen molar-refractivity contribution in [3.05, 3.63) is 6.61 Å². The van der Waals surface area contributed by atoms with Crippen LogP contribution >= 0.6 is 0 Å². The van der Waals surface area contributed by atoms with Gasteiger partial charge in [0.05, 0.1) is 23.3 Å². The third-order valence-corrected chi connectivity index (χ3v) is 7.00. The van der Waals surface area contributed by atoms with E-state index in [9.17, 15) is 36.1 Å². The predicted octanol–water partition coefficient (Wildman–Crippen LogP) is 1.29. The second-order valence-corrected chi connectivity index (χ2v) is 11.1. The molecule has 1 amide bonds. The molecule has 1 aliphatic heterocycles. The number of esters is 2. The van der Waals surface area contributed by atoms with Crippen molar-refractivity contribution in [3.63, 3.8) is 0 Å². The second-order valence-electron chi connectivity index (χ2n) is 9.64. The first-order valence-corrected chi connectivity index (χ1v) is 11.3. The molecular weight excluding hydrogens is 707 g/mol. The van der Waals surface area contributed by atoms with Gasteiger partial charge in [0.25, 0.3) is 11.2 Å². The van der Waals surface area contributed by atoms with Crippen molar-refractivity contribution < 1.29 is 45.6 Å². The summed E-state index contributed by atoms with van der Waals surface area (Å²) < 4.78 is 68.8. The van der Waals surface area contributed by atoms with Gasteiger partial charge in [0.2, 0.25) is 5.91 Å². The Morgan fingerprint density at radius 2 is 1.78 bits per heavy atom. The molecule has 2 bridgehead atoms. The second kappa shape index (κ2) is 7.65. The minimum atomic E-state index is -6.08. The molecular formula is C19H25F2NO8RfS-2. The maximum Gasteiger partial charge on any atom is 0.311 e. The summed E-state index contributed by atoms with van der Waals surface area (Å²) in [6, 6.07) is -0.693. The van der Waals surface area contributed by atoms with Crippen LogP contribution in [0.1, 0.15) is 41.0 Å². The van der Waals surface area contributed by atoms with E-state index in [1.54, 1.807) is 39.5 Å². The number of carbonyl (C=O) groups is 3. The van der Waals surface area contributed by atoms with Gasteiger partial charge in [0.1, 0.15) is 16.2 Å². The van der Waals surface area contributed by atoms with E-state index in [1.165, 1.54) is 0 Å². The minimum absolute atomic E-state index is 0. The molecule has 1 saturated heterocycles. The molecule has 0 aromatic carbocycles. The topological polar surface area (TPSA) is 130 Å². The van der Waals surface area contributed by atoms with Crippen LogP contribution in [0.4, 0.5) is 8.78 Å². The van der Waals surface area contributed by atoms with Crippen LogP contribution in [0.15, 0.2) is 0 Å². The number of rotatable bonds is 6. The van der Waals surface area contributed by atoms with E-state index < -0.39 is 69.2 Å². The molecule has 13 heteroatoms. The monoisotopic (exact) mass is 732 g/mol. The Morgan fingerprint density at radius 1 is 1.22 bits per heavy atom. The molecule has 3 aliphatic rings. The number of likely N-dealkylation sites (tertiary alicyclic amines) is 1. The maximum atomic E-state index is 13.4. The van der Waals surface area contributed by atoms with Crippen molar-refractivity contribution in [1.29, 1.82) is 0 Å².